The first-order valence-corrected chi connectivity index (χ1v) is 9.20. The van der Waals surface area contributed by atoms with Crippen molar-refractivity contribution >= 4 is 27.8 Å². The summed E-state index contributed by atoms with van der Waals surface area (Å²) in [4.78, 5) is 17.7. The van der Waals surface area contributed by atoms with E-state index in [9.17, 15) is 13.6 Å². The molecular weight excluding hydrogens is 410 g/mol. The Morgan fingerprint density at radius 1 is 1.50 bits per heavy atom. The van der Waals surface area contributed by atoms with Gasteiger partial charge in [-0.1, -0.05) is 22.9 Å². The molecule has 2 rings (SSSR count). The van der Waals surface area contributed by atoms with Crippen LogP contribution in [-0.4, -0.2) is 49.6 Å². The fraction of sp³-hybridized carbons (Fsp3) is 0.529. The average Bonchev–Trinajstić information content (AvgIpc) is 3.08. The monoisotopic (exact) mass is 432 g/mol. The fourth-order valence-electron chi connectivity index (χ4n) is 2.79. The Bertz CT molecular complexity index is 658. The van der Waals surface area contributed by atoms with Crippen LogP contribution in [0.4, 0.5) is 8.78 Å². The molecule has 1 unspecified atom stereocenters. The summed E-state index contributed by atoms with van der Waals surface area (Å²) in [6.45, 7) is 0.586. The van der Waals surface area contributed by atoms with E-state index in [1.54, 1.807) is 19.2 Å². The number of hydrogen-bond donors (Lipinski definition) is 2. The molecule has 1 aliphatic rings. The van der Waals surface area contributed by atoms with Crippen LogP contribution in [0.3, 0.4) is 0 Å². The van der Waals surface area contributed by atoms with E-state index < -0.39 is 6.61 Å². The van der Waals surface area contributed by atoms with Gasteiger partial charge in [0.2, 0.25) is 5.91 Å². The van der Waals surface area contributed by atoms with Crippen LogP contribution in [0.15, 0.2) is 27.7 Å². The normalized spacial score (nSPS) is 17.5. The summed E-state index contributed by atoms with van der Waals surface area (Å²) in [5.74, 6) is 0.802. The van der Waals surface area contributed by atoms with Gasteiger partial charge in [0.1, 0.15) is 5.75 Å². The Labute approximate surface area is 160 Å². The molecule has 1 fully saturated rings. The number of amides is 1. The van der Waals surface area contributed by atoms with Crippen molar-refractivity contribution in [2.75, 3.05) is 20.1 Å². The van der Waals surface area contributed by atoms with Crippen LogP contribution in [0.5, 0.6) is 5.75 Å². The number of likely N-dealkylation sites (tertiary alicyclic amines) is 1. The van der Waals surface area contributed by atoms with Gasteiger partial charge in [0.15, 0.2) is 5.96 Å². The van der Waals surface area contributed by atoms with E-state index in [1.165, 1.54) is 6.07 Å². The quantitative estimate of drug-likeness (QED) is 0.535. The topological polar surface area (TPSA) is 66.0 Å². The number of benzene rings is 1. The van der Waals surface area contributed by atoms with Gasteiger partial charge in [0.05, 0.1) is 0 Å². The second kappa shape index (κ2) is 9.70. The molecule has 0 spiro atoms. The second-order valence-corrected chi connectivity index (χ2v) is 6.80. The number of rotatable bonds is 6. The molecule has 1 atom stereocenters. The standard InChI is InChI=1S/C17H23BrF2N4O2/c1-3-15(25)24-7-6-13(10-24)23-17(21-2)22-9-11-8-12(18)4-5-14(11)26-16(19)20/h4-5,8,13,16H,3,6-7,9-10H2,1-2H3,(H2,21,22,23). The van der Waals surface area contributed by atoms with E-state index in [0.717, 1.165) is 17.4 Å². The number of carbonyl (C=O) groups excluding carboxylic acids is 1. The molecule has 1 saturated heterocycles. The first-order valence-electron chi connectivity index (χ1n) is 8.41. The van der Waals surface area contributed by atoms with E-state index in [4.69, 9.17) is 0 Å². The van der Waals surface area contributed by atoms with Gasteiger partial charge in [-0.25, -0.2) is 0 Å². The summed E-state index contributed by atoms with van der Waals surface area (Å²) >= 11 is 3.33. The number of nitrogens with one attached hydrogen (secondary N) is 2. The molecule has 144 valence electrons. The molecule has 0 aromatic heterocycles. The van der Waals surface area contributed by atoms with Gasteiger partial charge < -0.3 is 20.3 Å². The zero-order valence-corrected chi connectivity index (χ0v) is 16.4. The molecule has 9 heteroatoms. The van der Waals surface area contributed by atoms with Gasteiger partial charge in [-0.15, -0.1) is 0 Å². The molecule has 0 saturated carbocycles. The lowest BCUT2D eigenvalue weighted by molar-refractivity contribution is -0.129. The van der Waals surface area contributed by atoms with Crippen molar-refractivity contribution < 1.29 is 18.3 Å². The highest BCUT2D eigenvalue weighted by molar-refractivity contribution is 9.10. The highest BCUT2D eigenvalue weighted by atomic mass is 79.9. The van der Waals surface area contributed by atoms with Crippen molar-refractivity contribution in [3.8, 4) is 5.75 Å². The third-order valence-electron chi connectivity index (χ3n) is 4.09. The van der Waals surface area contributed by atoms with E-state index in [-0.39, 0.29) is 24.2 Å². The number of ether oxygens (including phenoxy) is 1. The average molecular weight is 433 g/mol. The molecule has 0 bridgehead atoms. The van der Waals surface area contributed by atoms with Crippen LogP contribution in [0, 0.1) is 0 Å². The number of alkyl halides is 2. The number of carbonyl (C=O) groups is 1. The number of guanidine groups is 1. The van der Waals surface area contributed by atoms with Crippen molar-refractivity contribution in [2.45, 2.75) is 39.0 Å². The van der Waals surface area contributed by atoms with E-state index in [0.29, 0.717) is 24.5 Å². The minimum absolute atomic E-state index is 0.107. The summed E-state index contributed by atoms with van der Waals surface area (Å²) in [7, 11) is 1.64. The molecule has 26 heavy (non-hydrogen) atoms. The molecule has 1 aliphatic heterocycles. The van der Waals surface area contributed by atoms with Crippen LogP contribution in [0.2, 0.25) is 0 Å². The Kier molecular flexibility index (Phi) is 7.62. The summed E-state index contributed by atoms with van der Waals surface area (Å²) in [5, 5.41) is 6.37. The Balaban J connectivity index is 1.93. The molecule has 1 heterocycles. The van der Waals surface area contributed by atoms with Crippen LogP contribution in [0.25, 0.3) is 0 Å². The third kappa shape index (κ3) is 5.82. The van der Waals surface area contributed by atoms with Crippen LogP contribution in [-0.2, 0) is 11.3 Å². The SMILES string of the molecule is CCC(=O)N1CCC(NC(=NC)NCc2cc(Br)ccc2OC(F)F)C1. The first-order chi connectivity index (χ1) is 12.4. The predicted octanol–water partition coefficient (Wildman–Crippen LogP) is 2.73. The molecule has 1 aromatic rings. The summed E-state index contributed by atoms with van der Waals surface area (Å²) in [6.07, 6.45) is 1.33. The number of hydrogen-bond acceptors (Lipinski definition) is 3. The van der Waals surface area contributed by atoms with Crippen molar-refractivity contribution in [1.29, 1.82) is 0 Å². The molecule has 2 N–H and O–H groups in total. The first kappa shape index (κ1) is 20.4. The smallest absolute Gasteiger partial charge is 0.387 e. The van der Waals surface area contributed by atoms with Gasteiger partial charge in [-0.05, 0) is 24.6 Å². The Morgan fingerprint density at radius 3 is 2.92 bits per heavy atom. The highest BCUT2D eigenvalue weighted by Gasteiger charge is 2.25. The third-order valence-corrected chi connectivity index (χ3v) is 4.59. The zero-order chi connectivity index (χ0) is 19.1. The fourth-order valence-corrected chi connectivity index (χ4v) is 3.20. The van der Waals surface area contributed by atoms with Crippen molar-refractivity contribution in [1.82, 2.24) is 15.5 Å². The summed E-state index contributed by atoms with van der Waals surface area (Å²) < 4.78 is 30.4. The van der Waals surface area contributed by atoms with Gasteiger partial charge in [0, 0.05) is 49.2 Å². The number of halogens is 3. The largest absolute Gasteiger partial charge is 0.434 e. The second-order valence-electron chi connectivity index (χ2n) is 5.88. The molecule has 1 aromatic carbocycles. The van der Waals surface area contributed by atoms with Crippen molar-refractivity contribution in [2.24, 2.45) is 4.99 Å². The number of aliphatic imine (C=N–C) groups is 1. The molecule has 1 amide bonds. The lowest BCUT2D eigenvalue weighted by atomic mass is 10.2. The molecule has 6 nitrogen and oxygen atoms in total. The molecular formula is C17H23BrF2N4O2. The van der Waals surface area contributed by atoms with Gasteiger partial charge >= 0.3 is 6.61 Å². The molecule has 0 aliphatic carbocycles. The Morgan fingerprint density at radius 2 is 2.27 bits per heavy atom. The van der Waals surface area contributed by atoms with Crippen LogP contribution >= 0.6 is 15.9 Å². The van der Waals surface area contributed by atoms with Crippen molar-refractivity contribution in [3.63, 3.8) is 0 Å². The maximum Gasteiger partial charge on any atom is 0.387 e. The minimum Gasteiger partial charge on any atom is -0.434 e. The predicted molar refractivity (Wildman–Crippen MR) is 99.4 cm³/mol. The lowest BCUT2D eigenvalue weighted by Crippen LogP contribution is -2.44. The number of nitrogens with zero attached hydrogens (tertiary/aromatic N) is 2. The van der Waals surface area contributed by atoms with Crippen molar-refractivity contribution in [3.05, 3.63) is 28.2 Å². The van der Waals surface area contributed by atoms with E-state index in [2.05, 4.69) is 36.3 Å². The summed E-state index contributed by atoms with van der Waals surface area (Å²) in [5.41, 5.74) is 0.580. The zero-order valence-electron chi connectivity index (χ0n) is 14.8. The van der Waals surface area contributed by atoms with Gasteiger partial charge in [0.25, 0.3) is 0 Å². The molecule has 0 radical (unpaired) electrons. The maximum absolute atomic E-state index is 12.5. The summed E-state index contributed by atoms with van der Waals surface area (Å²) in [6, 6.07) is 4.96. The maximum atomic E-state index is 12.5. The van der Waals surface area contributed by atoms with E-state index >= 15 is 0 Å². The van der Waals surface area contributed by atoms with E-state index in [1.807, 2.05) is 11.8 Å². The lowest BCUT2D eigenvalue weighted by Gasteiger charge is -2.19. The van der Waals surface area contributed by atoms with Gasteiger partial charge in [-0.3, -0.25) is 9.79 Å². The highest BCUT2D eigenvalue weighted by Crippen LogP contribution is 2.24. The van der Waals surface area contributed by atoms with Crippen LogP contribution in [0.1, 0.15) is 25.3 Å². The Hall–Kier alpha value is -1.90. The minimum atomic E-state index is -2.88. The van der Waals surface area contributed by atoms with Gasteiger partial charge in [-0.2, -0.15) is 8.78 Å². The van der Waals surface area contributed by atoms with Crippen LogP contribution < -0.4 is 15.4 Å².